The molecule has 1 aromatic heterocycles. The summed E-state index contributed by atoms with van der Waals surface area (Å²) in [4.78, 5) is 12.4. The van der Waals surface area contributed by atoms with Crippen LogP contribution in [-0.4, -0.2) is 36.8 Å². The van der Waals surface area contributed by atoms with Crippen molar-refractivity contribution < 1.29 is 14.1 Å². The van der Waals surface area contributed by atoms with Crippen LogP contribution < -0.4 is 15.4 Å². The monoisotopic (exact) mass is 385 g/mol. The highest BCUT2D eigenvalue weighted by atomic mass is 16.5. The van der Waals surface area contributed by atoms with E-state index in [1.54, 1.807) is 7.11 Å². The molecule has 0 spiro atoms. The van der Waals surface area contributed by atoms with E-state index in [1.807, 2.05) is 51.1 Å². The minimum absolute atomic E-state index is 0.128. The average Bonchev–Trinajstić information content (AvgIpc) is 3.10. The number of carbonyl (C=O) groups is 1. The predicted molar refractivity (Wildman–Crippen MR) is 109 cm³/mol. The summed E-state index contributed by atoms with van der Waals surface area (Å²) in [5, 5.41) is 10.8. The molecule has 0 saturated carbocycles. The quantitative estimate of drug-likeness (QED) is 0.797. The number of piperidine rings is 1. The van der Waals surface area contributed by atoms with E-state index in [4.69, 9.17) is 9.26 Å². The first-order valence-electron chi connectivity index (χ1n) is 9.96. The van der Waals surface area contributed by atoms with Crippen molar-refractivity contribution in [3.05, 3.63) is 36.0 Å². The van der Waals surface area contributed by atoms with Crippen LogP contribution in [0.2, 0.25) is 0 Å². The molecule has 152 valence electrons. The molecule has 1 aliphatic rings. The second-order valence-electron chi connectivity index (χ2n) is 8.63. The Hall–Kier alpha value is -2.34. The zero-order valence-corrected chi connectivity index (χ0v) is 17.2. The largest absolute Gasteiger partial charge is 0.497 e. The van der Waals surface area contributed by atoms with E-state index < -0.39 is 0 Å². The Morgan fingerprint density at radius 2 is 2.04 bits per heavy atom. The number of amides is 1. The van der Waals surface area contributed by atoms with Gasteiger partial charge >= 0.3 is 0 Å². The van der Waals surface area contributed by atoms with Gasteiger partial charge in [-0.1, -0.05) is 5.16 Å². The van der Waals surface area contributed by atoms with E-state index in [-0.39, 0.29) is 11.4 Å². The topological polar surface area (TPSA) is 76.4 Å². The minimum atomic E-state index is -0.196. The van der Waals surface area contributed by atoms with Crippen LogP contribution in [0.25, 0.3) is 11.3 Å². The molecular formula is C22H31N3O3. The van der Waals surface area contributed by atoms with E-state index in [0.717, 1.165) is 48.7 Å². The Morgan fingerprint density at radius 1 is 1.29 bits per heavy atom. The van der Waals surface area contributed by atoms with Crippen molar-refractivity contribution in [2.45, 2.75) is 45.6 Å². The van der Waals surface area contributed by atoms with Crippen molar-refractivity contribution in [1.29, 1.82) is 0 Å². The lowest BCUT2D eigenvalue weighted by molar-refractivity contribution is -0.124. The van der Waals surface area contributed by atoms with Crippen LogP contribution >= 0.6 is 0 Å². The lowest BCUT2D eigenvalue weighted by Gasteiger charge is -2.32. The molecule has 0 radical (unpaired) electrons. The lowest BCUT2D eigenvalue weighted by atomic mass is 9.81. The van der Waals surface area contributed by atoms with Crippen LogP contribution in [0.15, 0.2) is 34.9 Å². The molecule has 2 unspecified atom stereocenters. The van der Waals surface area contributed by atoms with Gasteiger partial charge in [0.1, 0.15) is 5.75 Å². The van der Waals surface area contributed by atoms with Gasteiger partial charge in [0.25, 0.3) is 0 Å². The Kier molecular flexibility index (Phi) is 6.39. The van der Waals surface area contributed by atoms with Crippen LogP contribution in [0.4, 0.5) is 0 Å². The van der Waals surface area contributed by atoms with Gasteiger partial charge in [-0.3, -0.25) is 4.79 Å². The highest BCUT2D eigenvalue weighted by Crippen LogP contribution is 2.28. The molecule has 6 nitrogen and oxygen atoms in total. The highest BCUT2D eigenvalue weighted by molar-refractivity contribution is 5.77. The number of rotatable bonds is 6. The summed E-state index contributed by atoms with van der Waals surface area (Å²) < 4.78 is 10.8. The van der Waals surface area contributed by atoms with Crippen molar-refractivity contribution in [1.82, 2.24) is 15.8 Å². The number of aromatic nitrogens is 1. The molecule has 2 aromatic rings. The number of benzene rings is 1. The molecule has 0 bridgehead atoms. The number of methoxy groups -OCH3 is 1. The summed E-state index contributed by atoms with van der Waals surface area (Å²) in [7, 11) is 1.65. The van der Waals surface area contributed by atoms with Gasteiger partial charge in [0.15, 0.2) is 5.76 Å². The number of carbonyl (C=O) groups excluding carboxylic acids is 1. The van der Waals surface area contributed by atoms with Crippen molar-refractivity contribution in [3.63, 3.8) is 0 Å². The highest BCUT2D eigenvalue weighted by Gasteiger charge is 2.29. The summed E-state index contributed by atoms with van der Waals surface area (Å²) in [5.41, 5.74) is 1.71. The third kappa shape index (κ3) is 5.58. The fourth-order valence-electron chi connectivity index (χ4n) is 3.76. The van der Waals surface area contributed by atoms with Gasteiger partial charge in [-0.2, -0.15) is 0 Å². The number of hydrogen-bond acceptors (Lipinski definition) is 5. The normalized spacial score (nSPS) is 20.0. The summed E-state index contributed by atoms with van der Waals surface area (Å²) in [6.45, 7) is 7.90. The van der Waals surface area contributed by atoms with E-state index in [0.29, 0.717) is 18.3 Å². The number of ether oxygens (including phenoxy) is 1. The Balaban J connectivity index is 1.64. The van der Waals surface area contributed by atoms with Gasteiger partial charge in [-0.15, -0.1) is 0 Å². The van der Waals surface area contributed by atoms with E-state index in [1.165, 1.54) is 0 Å². The maximum atomic E-state index is 12.4. The standard InChI is InChI=1S/C22H31N3O3/c1-22(2,3)24-21(26)12-16-9-10-23-14-17(16)11-18-13-20(28-25-18)15-5-7-19(27-4)8-6-15/h5-8,13,16-17,23H,9-12,14H2,1-4H3,(H,24,26). The van der Waals surface area contributed by atoms with Crippen LogP contribution in [0.3, 0.4) is 0 Å². The van der Waals surface area contributed by atoms with Crippen LogP contribution in [-0.2, 0) is 11.2 Å². The molecule has 28 heavy (non-hydrogen) atoms. The van der Waals surface area contributed by atoms with E-state index in [2.05, 4.69) is 15.8 Å². The van der Waals surface area contributed by atoms with Gasteiger partial charge in [-0.25, -0.2) is 0 Å². The smallest absolute Gasteiger partial charge is 0.220 e. The van der Waals surface area contributed by atoms with Crippen molar-refractivity contribution in [3.8, 4) is 17.1 Å². The van der Waals surface area contributed by atoms with Gasteiger partial charge in [0.2, 0.25) is 5.91 Å². The average molecular weight is 386 g/mol. The van der Waals surface area contributed by atoms with Crippen molar-refractivity contribution in [2.24, 2.45) is 11.8 Å². The molecule has 2 heterocycles. The third-order valence-electron chi connectivity index (χ3n) is 5.13. The molecule has 2 N–H and O–H groups in total. The maximum Gasteiger partial charge on any atom is 0.220 e. The molecule has 3 rings (SSSR count). The molecule has 1 saturated heterocycles. The molecule has 1 amide bonds. The zero-order chi connectivity index (χ0) is 20.1. The molecule has 1 aliphatic heterocycles. The molecule has 0 aliphatic carbocycles. The Labute approximate surface area is 167 Å². The van der Waals surface area contributed by atoms with Crippen LogP contribution in [0.1, 0.15) is 39.3 Å². The van der Waals surface area contributed by atoms with Gasteiger partial charge in [-0.05, 0) is 82.8 Å². The Bertz CT molecular complexity index is 777. The van der Waals surface area contributed by atoms with E-state index >= 15 is 0 Å². The fraction of sp³-hybridized carbons (Fsp3) is 0.545. The van der Waals surface area contributed by atoms with Crippen molar-refractivity contribution >= 4 is 5.91 Å². The van der Waals surface area contributed by atoms with Crippen molar-refractivity contribution in [2.75, 3.05) is 20.2 Å². The van der Waals surface area contributed by atoms with E-state index in [9.17, 15) is 4.79 Å². The summed E-state index contributed by atoms with van der Waals surface area (Å²) in [6.07, 6.45) is 2.37. The maximum absolute atomic E-state index is 12.4. The third-order valence-corrected chi connectivity index (χ3v) is 5.13. The number of nitrogens with zero attached hydrogens (tertiary/aromatic N) is 1. The molecule has 6 heteroatoms. The summed E-state index contributed by atoms with van der Waals surface area (Å²) in [6, 6.07) is 9.75. The minimum Gasteiger partial charge on any atom is -0.497 e. The number of hydrogen-bond donors (Lipinski definition) is 2. The lowest BCUT2D eigenvalue weighted by Crippen LogP contribution is -2.44. The summed E-state index contributed by atoms with van der Waals surface area (Å²) in [5.74, 6) is 2.41. The van der Waals surface area contributed by atoms with Gasteiger partial charge in [0, 0.05) is 23.6 Å². The molecular weight excluding hydrogens is 354 g/mol. The number of nitrogens with one attached hydrogen (secondary N) is 2. The van der Waals surface area contributed by atoms with Crippen LogP contribution in [0, 0.1) is 11.8 Å². The Morgan fingerprint density at radius 3 is 2.71 bits per heavy atom. The van der Waals surface area contributed by atoms with Gasteiger partial charge < -0.3 is 19.9 Å². The van der Waals surface area contributed by atoms with Crippen LogP contribution in [0.5, 0.6) is 5.75 Å². The molecule has 1 aromatic carbocycles. The first-order valence-corrected chi connectivity index (χ1v) is 9.96. The summed E-state index contributed by atoms with van der Waals surface area (Å²) >= 11 is 0. The first-order chi connectivity index (χ1) is 13.3. The second kappa shape index (κ2) is 8.78. The SMILES string of the molecule is COc1ccc(-c2cc(CC3CNCCC3CC(=O)NC(C)(C)C)no2)cc1. The molecule has 2 atom stereocenters. The zero-order valence-electron chi connectivity index (χ0n) is 17.2. The van der Waals surface area contributed by atoms with Gasteiger partial charge in [0.05, 0.1) is 12.8 Å². The first kappa shape index (κ1) is 20.4. The fourth-order valence-corrected chi connectivity index (χ4v) is 3.76. The second-order valence-corrected chi connectivity index (χ2v) is 8.63. The predicted octanol–water partition coefficient (Wildman–Crippen LogP) is 3.42. The molecule has 1 fully saturated rings.